The molecule has 10 atom stereocenters. The van der Waals surface area contributed by atoms with Crippen molar-refractivity contribution in [1.29, 1.82) is 0 Å². The molecule has 0 amide bonds. The summed E-state index contributed by atoms with van der Waals surface area (Å²) >= 11 is 0. The predicted octanol–water partition coefficient (Wildman–Crippen LogP) is 6.26. The number of aliphatic hydroxyl groups excluding tert-OH is 6. The van der Waals surface area contributed by atoms with Crippen LogP contribution in [0.3, 0.4) is 0 Å². The van der Waals surface area contributed by atoms with Crippen LogP contribution in [-0.4, -0.2) is 92.3 Å². The molecule has 5 aliphatic rings. The fourth-order valence-electron chi connectivity index (χ4n) is 12.3. The third kappa shape index (κ3) is 8.92. The van der Waals surface area contributed by atoms with Gasteiger partial charge in [0, 0.05) is 68.2 Å². The Bertz CT molecular complexity index is 900. The molecule has 7 nitrogen and oxygen atoms in total. The van der Waals surface area contributed by atoms with Crippen molar-refractivity contribution in [3.8, 4) is 0 Å². The lowest BCUT2D eigenvalue weighted by atomic mass is 9.53. The Hall–Kier alpha value is -0.280. The van der Waals surface area contributed by atoms with Gasteiger partial charge in [-0.05, 0) is 150 Å². The van der Waals surface area contributed by atoms with E-state index in [4.69, 9.17) is 0 Å². The molecule has 0 heterocycles. The third-order valence-corrected chi connectivity index (χ3v) is 16.4. The molecular weight excluding hydrogens is 614 g/mol. The maximum atomic E-state index is 10.9. The summed E-state index contributed by atoms with van der Waals surface area (Å²) in [5.74, 6) is 3.45. The summed E-state index contributed by atoms with van der Waals surface area (Å²) < 4.78 is 0. The minimum Gasteiger partial charge on any atom is -0.396 e. The van der Waals surface area contributed by atoms with E-state index in [0.29, 0.717) is 12.0 Å². The van der Waals surface area contributed by atoms with Gasteiger partial charge in [-0.3, -0.25) is 4.90 Å². The number of rotatable bonds is 12. The third-order valence-electron chi connectivity index (χ3n) is 16.4. The van der Waals surface area contributed by atoms with Gasteiger partial charge in [0.1, 0.15) is 0 Å². The summed E-state index contributed by atoms with van der Waals surface area (Å²) in [5, 5.41) is 62.9. The summed E-state index contributed by atoms with van der Waals surface area (Å²) in [4.78, 5) is 3.10. The fraction of sp³-hybridized carbons (Fsp3) is 1.00. The standard InChI is InChI=1S/C42H77NO6/c1-26-6-10-38(16-28(26)3)43(39-11-7-27(2)29(4)17-39)37-12-8-30(9-13-37)14-15-42(5,35-18-31(22-44)40(48)32(19-35)23-45)36-20-33(24-46)41(49)34(21-36)25-47/h26-41,44-49H,6-25H2,1-5H3. The van der Waals surface area contributed by atoms with Gasteiger partial charge in [-0.15, -0.1) is 0 Å². The molecule has 0 spiro atoms. The van der Waals surface area contributed by atoms with Crippen LogP contribution in [0, 0.1) is 70.5 Å². The van der Waals surface area contributed by atoms with Gasteiger partial charge in [-0.25, -0.2) is 0 Å². The highest BCUT2D eigenvalue weighted by molar-refractivity contribution is 5.01. The zero-order chi connectivity index (χ0) is 35.5. The Balaban J connectivity index is 1.30. The van der Waals surface area contributed by atoms with Crippen molar-refractivity contribution in [2.45, 2.75) is 168 Å². The molecule has 6 N–H and O–H groups in total. The lowest BCUT2D eigenvalue weighted by Crippen LogP contribution is -2.54. The number of hydrogen-bond acceptors (Lipinski definition) is 7. The Morgan fingerprint density at radius 1 is 0.490 bits per heavy atom. The van der Waals surface area contributed by atoms with E-state index in [1.807, 2.05) is 0 Å². The summed E-state index contributed by atoms with van der Waals surface area (Å²) in [6, 6.07) is 2.18. The first kappa shape index (κ1) is 39.9. The average molecular weight is 692 g/mol. The van der Waals surface area contributed by atoms with Crippen LogP contribution in [0.2, 0.25) is 0 Å². The van der Waals surface area contributed by atoms with Gasteiger partial charge in [-0.2, -0.15) is 0 Å². The number of aliphatic hydroxyl groups is 6. The Morgan fingerprint density at radius 2 is 0.857 bits per heavy atom. The molecular formula is C42H77NO6. The van der Waals surface area contributed by atoms with Crippen molar-refractivity contribution >= 4 is 0 Å². The van der Waals surface area contributed by atoms with Gasteiger partial charge < -0.3 is 30.6 Å². The van der Waals surface area contributed by atoms with Crippen LogP contribution < -0.4 is 0 Å². The van der Waals surface area contributed by atoms with E-state index in [1.54, 1.807) is 0 Å². The molecule has 0 radical (unpaired) electrons. The number of hydrogen-bond donors (Lipinski definition) is 6. The quantitative estimate of drug-likeness (QED) is 0.143. The van der Waals surface area contributed by atoms with Gasteiger partial charge >= 0.3 is 0 Å². The second-order valence-electron chi connectivity index (χ2n) is 19.1. The highest BCUT2D eigenvalue weighted by Gasteiger charge is 2.51. The van der Waals surface area contributed by atoms with E-state index in [1.165, 1.54) is 64.2 Å². The Kier molecular flexibility index (Phi) is 14.4. The highest BCUT2D eigenvalue weighted by Crippen LogP contribution is 2.55. The van der Waals surface area contributed by atoms with Crippen molar-refractivity contribution < 1.29 is 30.6 Å². The largest absolute Gasteiger partial charge is 0.396 e. The first-order chi connectivity index (χ1) is 23.4. The lowest BCUT2D eigenvalue weighted by Gasteiger charge is -2.54. The second-order valence-corrected chi connectivity index (χ2v) is 19.1. The molecule has 0 bridgehead atoms. The average Bonchev–Trinajstić information content (AvgIpc) is 3.11. The van der Waals surface area contributed by atoms with E-state index in [-0.39, 0.29) is 67.3 Å². The second kappa shape index (κ2) is 17.7. The Labute approximate surface area is 299 Å². The molecule has 49 heavy (non-hydrogen) atoms. The molecule has 0 aromatic heterocycles. The molecule has 5 saturated carbocycles. The topological polar surface area (TPSA) is 125 Å². The van der Waals surface area contributed by atoms with Gasteiger partial charge in [0.15, 0.2) is 0 Å². The first-order valence-electron chi connectivity index (χ1n) is 21.0. The lowest BCUT2D eigenvalue weighted by molar-refractivity contribution is -0.113. The van der Waals surface area contributed by atoms with Crippen LogP contribution in [0.1, 0.15) is 137 Å². The zero-order valence-electron chi connectivity index (χ0n) is 32.0. The van der Waals surface area contributed by atoms with Crippen molar-refractivity contribution in [2.75, 3.05) is 26.4 Å². The summed E-state index contributed by atoms with van der Waals surface area (Å²) in [6.07, 6.45) is 17.1. The van der Waals surface area contributed by atoms with E-state index in [9.17, 15) is 30.6 Å². The maximum Gasteiger partial charge on any atom is 0.0640 e. The van der Waals surface area contributed by atoms with E-state index in [0.717, 1.165) is 74.3 Å². The molecule has 0 aromatic carbocycles. The van der Waals surface area contributed by atoms with E-state index in [2.05, 4.69) is 39.5 Å². The van der Waals surface area contributed by atoms with Crippen molar-refractivity contribution in [3.63, 3.8) is 0 Å². The van der Waals surface area contributed by atoms with Crippen LogP contribution in [0.4, 0.5) is 0 Å². The molecule has 286 valence electrons. The SMILES string of the molecule is CC1CCC(N(C2CCC(CCC(C)(C3CC(CO)C(O)C(CO)C3)C3CC(CO)C(O)C(CO)C3)CC2)C2CCC(C)C(C)C2)CC1C. The highest BCUT2D eigenvalue weighted by atomic mass is 16.3. The molecule has 5 fully saturated rings. The molecule has 0 aliphatic heterocycles. The summed E-state index contributed by atoms with van der Waals surface area (Å²) in [7, 11) is 0. The van der Waals surface area contributed by atoms with E-state index >= 15 is 0 Å². The molecule has 0 aromatic rings. The smallest absolute Gasteiger partial charge is 0.0640 e. The van der Waals surface area contributed by atoms with Gasteiger partial charge in [-0.1, -0.05) is 34.6 Å². The minimum absolute atomic E-state index is 0.0793. The molecule has 10 unspecified atom stereocenters. The van der Waals surface area contributed by atoms with Crippen molar-refractivity contribution in [3.05, 3.63) is 0 Å². The molecule has 5 rings (SSSR count). The molecule has 0 saturated heterocycles. The predicted molar refractivity (Wildman–Crippen MR) is 197 cm³/mol. The van der Waals surface area contributed by atoms with E-state index < -0.39 is 12.2 Å². The van der Waals surface area contributed by atoms with Gasteiger partial charge in [0.2, 0.25) is 0 Å². The van der Waals surface area contributed by atoms with Crippen LogP contribution >= 0.6 is 0 Å². The van der Waals surface area contributed by atoms with Crippen LogP contribution in [0.5, 0.6) is 0 Å². The number of nitrogens with zero attached hydrogens (tertiary/aromatic N) is 1. The fourth-order valence-corrected chi connectivity index (χ4v) is 12.3. The van der Waals surface area contributed by atoms with Crippen LogP contribution in [-0.2, 0) is 0 Å². The molecule has 7 heteroatoms. The van der Waals surface area contributed by atoms with Gasteiger partial charge in [0.05, 0.1) is 12.2 Å². The molecule has 5 aliphatic carbocycles. The zero-order valence-corrected chi connectivity index (χ0v) is 32.0. The van der Waals surface area contributed by atoms with Gasteiger partial charge in [0.25, 0.3) is 0 Å². The van der Waals surface area contributed by atoms with Crippen molar-refractivity contribution in [2.24, 2.45) is 70.5 Å². The van der Waals surface area contributed by atoms with Crippen molar-refractivity contribution in [1.82, 2.24) is 4.90 Å². The maximum absolute atomic E-state index is 10.9. The van der Waals surface area contributed by atoms with Crippen LogP contribution in [0.25, 0.3) is 0 Å². The normalized spacial score (nSPS) is 46.8. The minimum atomic E-state index is -0.692. The summed E-state index contributed by atoms with van der Waals surface area (Å²) in [6.45, 7) is 12.0. The Morgan fingerprint density at radius 3 is 1.20 bits per heavy atom. The first-order valence-corrected chi connectivity index (χ1v) is 21.0. The van der Waals surface area contributed by atoms with Crippen LogP contribution in [0.15, 0.2) is 0 Å². The monoisotopic (exact) mass is 692 g/mol. The summed E-state index contributed by atoms with van der Waals surface area (Å²) in [5.41, 5.74) is -0.130.